The van der Waals surface area contributed by atoms with E-state index in [-0.39, 0.29) is 11.1 Å². The third-order valence-electron chi connectivity index (χ3n) is 2.50. The van der Waals surface area contributed by atoms with Gasteiger partial charge in [-0.25, -0.2) is 4.79 Å². The van der Waals surface area contributed by atoms with Gasteiger partial charge in [-0.2, -0.15) is 0 Å². The van der Waals surface area contributed by atoms with Crippen LogP contribution in [0.4, 0.5) is 5.69 Å². The summed E-state index contributed by atoms with van der Waals surface area (Å²) in [7, 11) is 0. The number of benzene rings is 1. The monoisotopic (exact) mass is 350 g/mol. The largest absolute Gasteiger partial charge is 0.452 e. The maximum atomic E-state index is 11.7. The van der Waals surface area contributed by atoms with Crippen molar-refractivity contribution in [2.24, 2.45) is 0 Å². The van der Waals surface area contributed by atoms with Crippen LogP contribution in [0.15, 0.2) is 51.9 Å². The molecule has 108 valence electrons. The van der Waals surface area contributed by atoms with E-state index in [4.69, 9.17) is 4.74 Å². The van der Waals surface area contributed by atoms with E-state index in [0.717, 1.165) is 4.47 Å². The number of aromatic nitrogens is 1. The maximum absolute atomic E-state index is 11.7. The Bertz CT molecular complexity index is 706. The van der Waals surface area contributed by atoms with Crippen LogP contribution in [0.1, 0.15) is 10.4 Å². The molecule has 0 aliphatic heterocycles. The third kappa shape index (κ3) is 4.28. The number of carbonyl (C=O) groups is 2. The first-order valence-corrected chi connectivity index (χ1v) is 6.76. The molecule has 2 N–H and O–H groups in total. The molecule has 0 fully saturated rings. The first kappa shape index (κ1) is 15.0. The van der Waals surface area contributed by atoms with E-state index in [0.29, 0.717) is 5.69 Å². The van der Waals surface area contributed by atoms with Crippen molar-refractivity contribution in [2.45, 2.75) is 0 Å². The van der Waals surface area contributed by atoms with E-state index >= 15 is 0 Å². The Kier molecular flexibility index (Phi) is 4.89. The Hall–Kier alpha value is -2.41. The zero-order chi connectivity index (χ0) is 15.2. The van der Waals surface area contributed by atoms with Gasteiger partial charge in [-0.05, 0) is 34.1 Å². The summed E-state index contributed by atoms with van der Waals surface area (Å²) in [4.78, 5) is 36.6. The van der Waals surface area contributed by atoms with Gasteiger partial charge in [0.15, 0.2) is 6.61 Å². The van der Waals surface area contributed by atoms with Crippen molar-refractivity contribution in [3.05, 3.63) is 63.0 Å². The summed E-state index contributed by atoms with van der Waals surface area (Å²) >= 11 is 3.29. The van der Waals surface area contributed by atoms with E-state index in [2.05, 4.69) is 26.2 Å². The third-order valence-corrected chi connectivity index (χ3v) is 3.19. The average molecular weight is 351 g/mol. The lowest BCUT2D eigenvalue weighted by atomic mass is 10.3. The Morgan fingerprint density at radius 2 is 1.95 bits per heavy atom. The minimum absolute atomic E-state index is 0.170. The van der Waals surface area contributed by atoms with Gasteiger partial charge in [0.05, 0.1) is 11.3 Å². The smallest absolute Gasteiger partial charge is 0.340 e. The summed E-state index contributed by atoms with van der Waals surface area (Å²) in [5.74, 6) is -1.15. The molecule has 0 atom stereocenters. The summed E-state index contributed by atoms with van der Waals surface area (Å²) in [6.07, 6.45) is 1.23. The summed E-state index contributed by atoms with van der Waals surface area (Å²) in [6, 6.07) is 9.61. The van der Waals surface area contributed by atoms with Crippen LogP contribution >= 0.6 is 15.9 Å². The molecule has 0 bridgehead atoms. The van der Waals surface area contributed by atoms with Crippen LogP contribution in [0.25, 0.3) is 0 Å². The summed E-state index contributed by atoms with van der Waals surface area (Å²) < 4.78 is 5.58. The lowest BCUT2D eigenvalue weighted by molar-refractivity contribution is -0.119. The highest BCUT2D eigenvalue weighted by atomic mass is 79.9. The first-order valence-electron chi connectivity index (χ1n) is 5.96. The molecule has 2 aromatic rings. The van der Waals surface area contributed by atoms with Crippen LogP contribution in [0.3, 0.4) is 0 Å². The van der Waals surface area contributed by atoms with Gasteiger partial charge < -0.3 is 15.0 Å². The van der Waals surface area contributed by atoms with Gasteiger partial charge in [-0.1, -0.05) is 12.1 Å². The molecule has 1 aromatic heterocycles. The molecule has 0 unspecified atom stereocenters. The molecule has 2 rings (SSSR count). The molecule has 1 heterocycles. The van der Waals surface area contributed by atoms with Crippen LogP contribution in [-0.2, 0) is 9.53 Å². The Labute approximate surface area is 128 Å². The number of para-hydroxylation sites is 1. The van der Waals surface area contributed by atoms with E-state index in [1.807, 2.05) is 6.07 Å². The lowest BCUT2D eigenvalue weighted by Crippen LogP contribution is -2.21. The second-order valence-corrected chi connectivity index (χ2v) is 4.90. The number of nitrogens with one attached hydrogen (secondary N) is 2. The second-order valence-electron chi connectivity index (χ2n) is 4.05. The van der Waals surface area contributed by atoms with Gasteiger partial charge in [0, 0.05) is 16.7 Å². The molecule has 0 aliphatic carbocycles. The highest BCUT2D eigenvalue weighted by Crippen LogP contribution is 2.20. The van der Waals surface area contributed by atoms with Gasteiger partial charge in [0.2, 0.25) is 5.56 Å². The standard InChI is InChI=1S/C14H11BrN2O4/c15-10-3-1-2-4-11(10)17-13(19)8-21-14(20)9-5-6-12(18)16-7-9/h1-7H,8H2,(H,16,18)(H,17,19). The molecular formula is C14H11BrN2O4. The fourth-order valence-electron chi connectivity index (χ4n) is 1.50. The van der Waals surface area contributed by atoms with E-state index in [1.54, 1.807) is 18.2 Å². The number of hydrogen-bond acceptors (Lipinski definition) is 4. The highest BCUT2D eigenvalue weighted by molar-refractivity contribution is 9.10. The van der Waals surface area contributed by atoms with Gasteiger partial charge in [-0.15, -0.1) is 0 Å². The topological polar surface area (TPSA) is 88.3 Å². The fraction of sp³-hybridized carbons (Fsp3) is 0.0714. The second kappa shape index (κ2) is 6.85. The number of rotatable bonds is 4. The lowest BCUT2D eigenvalue weighted by Gasteiger charge is -2.07. The van der Waals surface area contributed by atoms with E-state index in [1.165, 1.54) is 18.3 Å². The van der Waals surface area contributed by atoms with Gasteiger partial charge in [0.1, 0.15) is 0 Å². The van der Waals surface area contributed by atoms with Crippen LogP contribution < -0.4 is 10.9 Å². The number of anilines is 1. The minimum Gasteiger partial charge on any atom is -0.452 e. The van der Waals surface area contributed by atoms with Gasteiger partial charge >= 0.3 is 5.97 Å². The fourth-order valence-corrected chi connectivity index (χ4v) is 1.88. The predicted octanol–water partition coefficient (Wildman–Crippen LogP) is 1.93. The van der Waals surface area contributed by atoms with Crippen molar-refractivity contribution in [1.29, 1.82) is 0 Å². The number of hydrogen-bond donors (Lipinski definition) is 2. The quantitative estimate of drug-likeness (QED) is 0.824. The molecular weight excluding hydrogens is 340 g/mol. The van der Waals surface area contributed by atoms with E-state index in [9.17, 15) is 14.4 Å². The molecule has 0 radical (unpaired) electrons. The number of aromatic amines is 1. The molecule has 1 amide bonds. The molecule has 7 heteroatoms. The van der Waals surface area contributed by atoms with Crippen LogP contribution in [-0.4, -0.2) is 23.5 Å². The number of esters is 1. The maximum Gasteiger partial charge on any atom is 0.340 e. The summed E-state index contributed by atoms with van der Waals surface area (Å²) in [5, 5.41) is 2.61. The number of halogens is 1. The van der Waals surface area contributed by atoms with Crippen molar-refractivity contribution in [2.75, 3.05) is 11.9 Å². The number of H-pyrrole nitrogens is 1. The Morgan fingerprint density at radius 3 is 2.62 bits per heavy atom. The van der Waals surface area contributed by atoms with E-state index < -0.39 is 18.5 Å². The number of ether oxygens (including phenoxy) is 1. The number of amides is 1. The molecule has 1 aromatic carbocycles. The molecule has 0 spiro atoms. The van der Waals surface area contributed by atoms with Crippen molar-refractivity contribution >= 4 is 33.5 Å². The van der Waals surface area contributed by atoms with Crippen molar-refractivity contribution < 1.29 is 14.3 Å². The first-order chi connectivity index (χ1) is 10.1. The number of pyridine rings is 1. The van der Waals surface area contributed by atoms with Crippen molar-refractivity contribution in [3.63, 3.8) is 0 Å². The minimum atomic E-state index is -0.687. The summed E-state index contributed by atoms with van der Waals surface area (Å²) in [5.41, 5.74) is 0.434. The molecule has 0 saturated heterocycles. The Balaban J connectivity index is 1.89. The van der Waals surface area contributed by atoms with Crippen LogP contribution in [0.2, 0.25) is 0 Å². The average Bonchev–Trinajstić information content (AvgIpc) is 2.48. The zero-order valence-corrected chi connectivity index (χ0v) is 12.3. The van der Waals surface area contributed by atoms with Crippen LogP contribution in [0, 0.1) is 0 Å². The van der Waals surface area contributed by atoms with Crippen molar-refractivity contribution in [3.8, 4) is 0 Å². The molecule has 0 aliphatic rings. The normalized spacial score (nSPS) is 9.95. The SMILES string of the molecule is O=C(COC(=O)c1ccc(=O)[nH]c1)Nc1ccccc1Br. The molecule has 6 nitrogen and oxygen atoms in total. The highest BCUT2D eigenvalue weighted by Gasteiger charge is 2.11. The zero-order valence-electron chi connectivity index (χ0n) is 10.8. The van der Waals surface area contributed by atoms with Crippen LogP contribution in [0.5, 0.6) is 0 Å². The molecule has 21 heavy (non-hydrogen) atoms. The Morgan fingerprint density at radius 1 is 1.19 bits per heavy atom. The van der Waals surface area contributed by atoms with Gasteiger partial charge in [0.25, 0.3) is 5.91 Å². The van der Waals surface area contributed by atoms with Gasteiger partial charge in [-0.3, -0.25) is 9.59 Å². The summed E-state index contributed by atoms with van der Waals surface area (Å²) in [6.45, 7) is -0.417. The predicted molar refractivity (Wildman–Crippen MR) is 80.1 cm³/mol. The molecule has 0 saturated carbocycles. The number of carbonyl (C=O) groups excluding carboxylic acids is 2. The van der Waals surface area contributed by atoms with Crippen molar-refractivity contribution in [1.82, 2.24) is 4.98 Å².